The zero-order valence-electron chi connectivity index (χ0n) is 25.8. The van der Waals surface area contributed by atoms with Crippen molar-refractivity contribution in [2.45, 2.75) is 91.1 Å². The predicted octanol–water partition coefficient (Wildman–Crippen LogP) is 5.77. The van der Waals surface area contributed by atoms with E-state index < -0.39 is 0 Å². The van der Waals surface area contributed by atoms with Crippen LogP contribution in [0.15, 0.2) is 60.7 Å². The van der Waals surface area contributed by atoms with Gasteiger partial charge in [0, 0.05) is 54.6 Å². The van der Waals surface area contributed by atoms with Gasteiger partial charge in [-0.1, -0.05) is 88.4 Å². The number of fused-ring (bicyclic) bond motifs is 1. The highest BCUT2D eigenvalue weighted by Gasteiger charge is 2.44. The van der Waals surface area contributed by atoms with Crippen LogP contribution in [0.1, 0.15) is 59.0 Å². The Morgan fingerprint density at radius 1 is 0.767 bits per heavy atom. The van der Waals surface area contributed by atoms with Crippen LogP contribution in [0.4, 0.5) is 0 Å². The van der Waals surface area contributed by atoms with Gasteiger partial charge in [-0.15, -0.1) is 0 Å². The van der Waals surface area contributed by atoms with E-state index in [0.29, 0.717) is 36.9 Å². The molecule has 2 aromatic rings. The molecule has 11 heteroatoms. The molecule has 1 N–H and O–H groups in total. The van der Waals surface area contributed by atoms with Gasteiger partial charge in [0.05, 0.1) is 44.2 Å². The lowest BCUT2D eigenvalue weighted by Crippen LogP contribution is -2.54. The lowest BCUT2D eigenvalue weighted by molar-refractivity contribution is -0.308. The summed E-state index contributed by atoms with van der Waals surface area (Å²) in [6.07, 6.45) is 0.127. The van der Waals surface area contributed by atoms with Crippen LogP contribution in [0.3, 0.4) is 0 Å². The fourth-order valence-electron chi connectivity index (χ4n) is 5.76. The molecule has 0 amide bonds. The molecule has 0 aromatic heterocycles. The van der Waals surface area contributed by atoms with E-state index in [4.69, 9.17) is 23.7 Å². The summed E-state index contributed by atoms with van der Waals surface area (Å²) in [6, 6.07) is 20.2. The molecule has 3 aliphatic heterocycles. The molecule has 6 nitrogen and oxygen atoms in total. The Bertz CT molecular complexity index is 1170. The Morgan fingerprint density at radius 2 is 1.35 bits per heavy atom. The molecule has 0 bridgehead atoms. The molecule has 2 aromatic carbocycles. The third-order valence-corrected chi connectivity index (χ3v) is 13.4. The molecule has 0 radical (unpaired) electrons. The molecule has 3 heterocycles. The number of aliphatic hydroxyl groups is 1. The molecule has 5 rings (SSSR count). The second-order valence-corrected chi connectivity index (χ2v) is 16.8. The van der Waals surface area contributed by atoms with Gasteiger partial charge >= 0.3 is 0 Å². The quantitative estimate of drug-likeness (QED) is 0.426. The average molecular weight is 687 g/mol. The van der Waals surface area contributed by atoms with E-state index in [1.54, 1.807) is 0 Å². The van der Waals surface area contributed by atoms with E-state index >= 15 is 0 Å². The van der Waals surface area contributed by atoms with E-state index in [0.717, 1.165) is 11.1 Å². The van der Waals surface area contributed by atoms with Crippen LogP contribution >= 0.6 is 0 Å². The maximum atomic E-state index is 9.48. The summed E-state index contributed by atoms with van der Waals surface area (Å²) < 4.78 is 29.8. The summed E-state index contributed by atoms with van der Waals surface area (Å²) in [6.45, 7) is 14.3. The van der Waals surface area contributed by atoms with Crippen molar-refractivity contribution < 1.29 is 28.8 Å². The van der Waals surface area contributed by atoms with Crippen molar-refractivity contribution in [1.29, 1.82) is 0 Å². The first-order valence-corrected chi connectivity index (χ1v) is 20.2. The highest BCUT2D eigenvalue weighted by molar-refractivity contribution is 8.59. The summed E-state index contributed by atoms with van der Waals surface area (Å²) in [5.74, 6) is 1.81. The Hall–Kier alpha value is -0.700. The second-order valence-electron chi connectivity index (χ2n) is 11.5. The smallest absolute Gasteiger partial charge is 0.184 e. The standard InChI is InChI=1S/C16H22O3.C16H24O3.S5/c1-10-11(2)15-14(18-12(10)3)9-17-16(19-15)13-7-5-4-6-8-13;1-11-12(2)16(15(9-17)19-13(11)3)18-10-14-7-5-4-6-8-14;1-3-5-4-2/h4-8,10-12,14-16H,9H2,1-3H3;4-8,11-13,15-17H,9-10H2,1-3H3;/t10?,11-,12+,14?,15-,16?;11?,12-,13+,15?,16-;/m11./s1. The molecule has 5 unspecified atom stereocenters. The number of hydrogen-bond acceptors (Lipinski definition) is 8. The second kappa shape index (κ2) is 19.1. The fraction of sp³-hybridized carbons (Fsp3) is 0.625. The monoisotopic (exact) mass is 686 g/mol. The minimum Gasteiger partial charge on any atom is -0.394 e. The van der Waals surface area contributed by atoms with Gasteiger partial charge in [-0.25, -0.2) is 0 Å². The van der Waals surface area contributed by atoms with Crippen LogP contribution in [0.2, 0.25) is 0 Å². The maximum Gasteiger partial charge on any atom is 0.184 e. The van der Waals surface area contributed by atoms with Crippen LogP contribution in [0.25, 0.3) is 0 Å². The van der Waals surface area contributed by atoms with Gasteiger partial charge in [-0.2, -0.15) is 0 Å². The van der Waals surface area contributed by atoms with Crippen molar-refractivity contribution in [1.82, 2.24) is 0 Å². The number of hydrogen-bond donors (Lipinski definition) is 1. The molecule has 3 saturated heterocycles. The van der Waals surface area contributed by atoms with Crippen molar-refractivity contribution >= 4 is 49.0 Å². The summed E-state index contributed by atoms with van der Waals surface area (Å²) >= 11 is 8.89. The van der Waals surface area contributed by atoms with Crippen molar-refractivity contribution in [3.8, 4) is 0 Å². The Kier molecular flexibility index (Phi) is 16.3. The zero-order chi connectivity index (χ0) is 31.4. The SMILES string of the molecule is CC1[C@H](C)OC(CO)[C@H](OCc2ccccc2)[C@@H]1C.CC1[C@H](C)OC2COC(c3ccccc3)O[C@@H]2[C@@H]1C.S=S=S=S=S. The normalized spacial score (nSPS) is 35.1. The van der Waals surface area contributed by atoms with Crippen molar-refractivity contribution in [2.75, 3.05) is 13.2 Å². The molecule has 43 heavy (non-hydrogen) atoms. The number of rotatable bonds is 5. The van der Waals surface area contributed by atoms with Gasteiger partial charge in [0.15, 0.2) is 6.29 Å². The van der Waals surface area contributed by atoms with Gasteiger partial charge in [0.25, 0.3) is 0 Å². The van der Waals surface area contributed by atoms with Gasteiger partial charge < -0.3 is 28.8 Å². The third kappa shape index (κ3) is 10.7. The van der Waals surface area contributed by atoms with E-state index in [1.165, 1.54) is 26.6 Å². The van der Waals surface area contributed by atoms with Gasteiger partial charge in [-0.05, 0) is 43.1 Å². The predicted molar refractivity (Wildman–Crippen MR) is 184 cm³/mol. The zero-order valence-corrected chi connectivity index (χ0v) is 29.9. The molecule has 0 spiro atoms. The first-order chi connectivity index (χ1) is 20.7. The van der Waals surface area contributed by atoms with E-state index in [9.17, 15) is 5.11 Å². The molecule has 11 atom stereocenters. The van der Waals surface area contributed by atoms with Crippen LogP contribution in [-0.2, 0) is 79.3 Å². The largest absolute Gasteiger partial charge is 0.394 e. The number of aliphatic hydroxyl groups excluding tert-OH is 1. The molecular formula is C32H46O6S5. The van der Waals surface area contributed by atoms with E-state index in [1.807, 2.05) is 60.7 Å². The van der Waals surface area contributed by atoms with Crippen LogP contribution in [0.5, 0.6) is 0 Å². The summed E-state index contributed by atoms with van der Waals surface area (Å²) in [5, 5.41) is 9.48. The molecule has 3 aliphatic rings. The third-order valence-electron chi connectivity index (χ3n) is 8.97. The number of ether oxygens (including phenoxy) is 5. The molecular weight excluding hydrogens is 641 g/mol. The van der Waals surface area contributed by atoms with Crippen LogP contribution in [-0.4, -0.2) is 54.9 Å². The van der Waals surface area contributed by atoms with Crippen molar-refractivity contribution in [3.63, 3.8) is 0 Å². The summed E-state index contributed by atoms with van der Waals surface area (Å²) in [5.41, 5.74) is 2.23. The lowest BCUT2D eigenvalue weighted by atomic mass is 9.81. The lowest BCUT2D eigenvalue weighted by Gasteiger charge is -2.47. The first kappa shape index (κ1) is 36.8. The number of benzene rings is 2. The Labute approximate surface area is 276 Å². The topological polar surface area (TPSA) is 66.4 Å². The molecule has 3 fully saturated rings. The van der Waals surface area contributed by atoms with Crippen LogP contribution in [0, 0.1) is 23.7 Å². The van der Waals surface area contributed by atoms with Gasteiger partial charge in [-0.3, -0.25) is 0 Å². The average Bonchev–Trinajstić information content (AvgIpc) is 3.04. The van der Waals surface area contributed by atoms with Crippen LogP contribution < -0.4 is 0 Å². The molecule has 0 saturated carbocycles. The van der Waals surface area contributed by atoms with Gasteiger partial charge in [0.1, 0.15) is 12.2 Å². The van der Waals surface area contributed by atoms with Gasteiger partial charge in [0.2, 0.25) is 0 Å². The summed E-state index contributed by atoms with van der Waals surface area (Å²) in [7, 11) is 3.95. The Morgan fingerprint density at radius 3 is 1.93 bits per heavy atom. The fourth-order valence-corrected chi connectivity index (χ4v) is 8.51. The van der Waals surface area contributed by atoms with Crippen molar-refractivity contribution in [3.05, 3.63) is 71.8 Å². The van der Waals surface area contributed by atoms with E-state index in [-0.39, 0.29) is 49.5 Å². The maximum absolute atomic E-state index is 9.48. The molecule has 240 valence electrons. The minimum absolute atomic E-state index is 0.0147. The Balaban J connectivity index is 0.000000204. The highest BCUT2D eigenvalue weighted by Crippen LogP contribution is 2.39. The molecule has 0 aliphatic carbocycles. The minimum atomic E-state index is -0.255. The first-order valence-electron chi connectivity index (χ1n) is 14.9. The van der Waals surface area contributed by atoms with Crippen molar-refractivity contribution in [2.24, 2.45) is 23.7 Å². The summed E-state index contributed by atoms with van der Waals surface area (Å²) in [4.78, 5) is 0. The van der Waals surface area contributed by atoms with E-state index in [2.05, 4.69) is 63.9 Å². The highest BCUT2D eigenvalue weighted by atomic mass is 33.3.